The lowest BCUT2D eigenvalue weighted by atomic mass is 10.2. The molecule has 0 bridgehead atoms. The Morgan fingerprint density at radius 2 is 1.62 bits per heavy atom. The Morgan fingerprint density at radius 3 is 2.44 bits per heavy atom. The Kier molecular flexibility index (Phi) is 2.97. The highest BCUT2D eigenvalue weighted by atomic mass is 33.1. The highest BCUT2D eigenvalue weighted by Crippen LogP contribution is 2.72. The Labute approximate surface area is 105 Å². The van der Waals surface area contributed by atoms with Gasteiger partial charge in [-0.2, -0.15) is 0 Å². The fraction of sp³-hybridized carbons (Fsp3) is 0.0769. The molecule has 2 aromatic rings. The first-order chi connectivity index (χ1) is 7.83. The Bertz CT molecular complexity index is 511. The standard InChI is InChI=1S/C13H11PS2/c1-10-7-8-12-13(9-10)16-14(15-12)11-5-3-2-4-6-11/h2-9H,1H3. The maximum atomic E-state index is 2.30. The fourth-order valence-corrected chi connectivity index (χ4v) is 9.19. The second kappa shape index (κ2) is 4.44. The van der Waals surface area contributed by atoms with E-state index in [4.69, 9.17) is 0 Å². The van der Waals surface area contributed by atoms with E-state index in [0.29, 0.717) is 0 Å². The van der Waals surface area contributed by atoms with Crippen molar-refractivity contribution in [1.29, 1.82) is 0 Å². The highest BCUT2D eigenvalue weighted by molar-refractivity contribution is 8.91. The smallest absolute Gasteiger partial charge is 0.0540 e. The van der Waals surface area contributed by atoms with Gasteiger partial charge in [-0.15, -0.1) is 0 Å². The monoisotopic (exact) mass is 262 g/mol. The van der Waals surface area contributed by atoms with Crippen LogP contribution in [0.5, 0.6) is 0 Å². The fourth-order valence-electron chi connectivity index (χ4n) is 1.61. The van der Waals surface area contributed by atoms with Crippen LogP contribution in [0, 0.1) is 6.92 Å². The molecule has 16 heavy (non-hydrogen) atoms. The van der Waals surface area contributed by atoms with E-state index in [1.807, 2.05) is 22.8 Å². The highest BCUT2D eigenvalue weighted by Gasteiger charge is 2.24. The zero-order valence-corrected chi connectivity index (χ0v) is 11.4. The number of hydrogen-bond donors (Lipinski definition) is 0. The first-order valence-corrected chi connectivity index (χ1v) is 9.33. The number of hydrogen-bond acceptors (Lipinski definition) is 2. The molecule has 1 heterocycles. The van der Waals surface area contributed by atoms with Gasteiger partial charge in [0.15, 0.2) is 0 Å². The van der Waals surface area contributed by atoms with Crippen molar-refractivity contribution in [3.05, 3.63) is 54.1 Å². The van der Waals surface area contributed by atoms with Crippen LogP contribution in [-0.2, 0) is 0 Å². The second-order valence-corrected chi connectivity index (χ2v) is 9.98. The Hall–Kier alpha value is -0.430. The summed E-state index contributed by atoms with van der Waals surface area (Å²) in [6, 6.07) is 17.6. The van der Waals surface area contributed by atoms with Gasteiger partial charge >= 0.3 is 0 Å². The maximum absolute atomic E-state index is 2.30. The lowest BCUT2D eigenvalue weighted by Crippen LogP contribution is -1.91. The van der Waals surface area contributed by atoms with Gasteiger partial charge in [0.05, 0.1) is 6.33 Å². The van der Waals surface area contributed by atoms with Gasteiger partial charge in [0, 0.05) is 9.79 Å². The van der Waals surface area contributed by atoms with E-state index >= 15 is 0 Å². The largest absolute Gasteiger partial charge is 0.0807 e. The third kappa shape index (κ3) is 2.02. The Balaban J connectivity index is 1.91. The molecule has 1 atom stereocenters. The molecular formula is C13H11PS2. The van der Waals surface area contributed by atoms with Crippen molar-refractivity contribution in [2.75, 3.05) is 0 Å². The maximum Gasteiger partial charge on any atom is 0.0540 e. The van der Waals surface area contributed by atoms with Crippen molar-refractivity contribution in [3.8, 4) is 0 Å². The van der Waals surface area contributed by atoms with Crippen LogP contribution in [0.15, 0.2) is 58.3 Å². The van der Waals surface area contributed by atoms with Crippen molar-refractivity contribution in [1.82, 2.24) is 0 Å². The van der Waals surface area contributed by atoms with E-state index in [9.17, 15) is 0 Å². The molecule has 0 radical (unpaired) electrons. The van der Waals surface area contributed by atoms with Crippen LogP contribution in [0.4, 0.5) is 0 Å². The molecule has 80 valence electrons. The Morgan fingerprint density at radius 1 is 0.875 bits per heavy atom. The summed E-state index contributed by atoms with van der Waals surface area (Å²) in [7, 11) is 0. The van der Waals surface area contributed by atoms with Gasteiger partial charge in [0.25, 0.3) is 0 Å². The first kappa shape index (κ1) is 10.7. The summed E-state index contributed by atoms with van der Waals surface area (Å²) in [5.41, 5.74) is 1.36. The molecule has 1 aliphatic rings. The minimum atomic E-state index is -0.146. The summed E-state index contributed by atoms with van der Waals surface area (Å²) in [5.74, 6) is 0. The summed E-state index contributed by atoms with van der Waals surface area (Å²) in [5, 5.41) is 1.47. The van der Waals surface area contributed by atoms with Crippen LogP contribution < -0.4 is 5.30 Å². The molecule has 0 fully saturated rings. The molecule has 0 saturated heterocycles. The zero-order chi connectivity index (χ0) is 11.0. The molecule has 0 nitrogen and oxygen atoms in total. The SMILES string of the molecule is Cc1ccc2c(c1)SP(c1ccccc1)S2. The molecule has 0 amide bonds. The van der Waals surface area contributed by atoms with Gasteiger partial charge in [-0.25, -0.2) is 0 Å². The molecule has 0 N–H and O–H groups in total. The van der Waals surface area contributed by atoms with Crippen LogP contribution in [-0.4, -0.2) is 0 Å². The summed E-state index contributed by atoms with van der Waals surface area (Å²) in [6.45, 7) is 2.16. The lowest BCUT2D eigenvalue weighted by molar-refractivity contribution is 1.23. The van der Waals surface area contributed by atoms with Crippen molar-refractivity contribution in [2.24, 2.45) is 0 Å². The summed E-state index contributed by atoms with van der Waals surface area (Å²) < 4.78 is 0. The number of rotatable bonds is 1. The minimum absolute atomic E-state index is 0.146. The van der Waals surface area contributed by atoms with Gasteiger partial charge in [-0.1, -0.05) is 59.2 Å². The van der Waals surface area contributed by atoms with Crippen LogP contribution in [0.1, 0.15) is 5.56 Å². The van der Waals surface area contributed by atoms with E-state index in [-0.39, 0.29) is 6.33 Å². The molecule has 2 aromatic carbocycles. The topological polar surface area (TPSA) is 0 Å². The van der Waals surface area contributed by atoms with E-state index in [1.54, 1.807) is 0 Å². The van der Waals surface area contributed by atoms with Crippen LogP contribution >= 0.6 is 29.1 Å². The van der Waals surface area contributed by atoms with Crippen LogP contribution in [0.2, 0.25) is 0 Å². The molecule has 1 unspecified atom stereocenters. The minimum Gasteiger partial charge on any atom is -0.0807 e. The van der Waals surface area contributed by atoms with Gasteiger partial charge in [0.1, 0.15) is 0 Å². The predicted molar refractivity (Wildman–Crippen MR) is 75.9 cm³/mol. The molecule has 3 heteroatoms. The van der Waals surface area contributed by atoms with Gasteiger partial charge in [-0.3, -0.25) is 0 Å². The third-order valence-corrected chi connectivity index (χ3v) is 9.48. The molecule has 3 rings (SSSR count). The van der Waals surface area contributed by atoms with E-state index in [1.165, 1.54) is 20.7 Å². The first-order valence-electron chi connectivity index (χ1n) is 5.15. The van der Waals surface area contributed by atoms with Gasteiger partial charge in [-0.05, 0) is 29.9 Å². The molecule has 1 aliphatic heterocycles. The quantitative estimate of drug-likeness (QED) is 0.675. The lowest BCUT2D eigenvalue weighted by Gasteiger charge is -2.06. The normalized spacial score (nSPS) is 18.4. The predicted octanol–water partition coefficient (Wildman–Crippen LogP) is 4.83. The van der Waals surface area contributed by atoms with Crippen molar-refractivity contribution in [3.63, 3.8) is 0 Å². The summed E-state index contributed by atoms with van der Waals surface area (Å²) >= 11 is 4.06. The van der Waals surface area contributed by atoms with E-state index < -0.39 is 0 Å². The molecular weight excluding hydrogens is 251 g/mol. The summed E-state index contributed by atoms with van der Waals surface area (Å²) in [4.78, 5) is 2.91. The zero-order valence-electron chi connectivity index (χ0n) is 8.88. The van der Waals surface area contributed by atoms with Crippen molar-refractivity contribution in [2.45, 2.75) is 16.7 Å². The van der Waals surface area contributed by atoms with Crippen LogP contribution in [0.25, 0.3) is 0 Å². The van der Waals surface area contributed by atoms with Gasteiger partial charge < -0.3 is 0 Å². The average Bonchev–Trinajstić information content (AvgIpc) is 2.73. The van der Waals surface area contributed by atoms with E-state index in [0.717, 1.165) is 0 Å². The molecule has 0 aromatic heterocycles. The summed E-state index contributed by atoms with van der Waals surface area (Å²) in [6.07, 6.45) is -0.146. The van der Waals surface area contributed by atoms with Crippen molar-refractivity contribution >= 4 is 34.4 Å². The van der Waals surface area contributed by atoms with Gasteiger partial charge in [0.2, 0.25) is 0 Å². The number of benzene rings is 2. The molecule has 0 spiro atoms. The molecule has 0 aliphatic carbocycles. The second-order valence-electron chi connectivity index (χ2n) is 3.73. The average molecular weight is 262 g/mol. The number of aryl methyl sites for hydroxylation is 1. The number of fused-ring (bicyclic) bond motifs is 1. The molecule has 0 saturated carbocycles. The van der Waals surface area contributed by atoms with E-state index in [2.05, 4.69) is 55.5 Å². The van der Waals surface area contributed by atoms with Crippen molar-refractivity contribution < 1.29 is 0 Å². The van der Waals surface area contributed by atoms with Crippen LogP contribution in [0.3, 0.4) is 0 Å². The third-order valence-electron chi connectivity index (χ3n) is 2.43.